The Morgan fingerprint density at radius 2 is 1.71 bits per heavy atom. The molecule has 0 saturated carbocycles. The summed E-state index contributed by atoms with van der Waals surface area (Å²) < 4.78 is 5.22. The average Bonchev–Trinajstić information content (AvgIpc) is 2.73. The first-order chi connectivity index (χ1) is 13.6. The van der Waals surface area contributed by atoms with Crippen LogP contribution in [0.3, 0.4) is 0 Å². The van der Waals surface area contributed by atoms with Crippen LogP contribution in [0.15, 0.2) is 48.5 Å². The molecule has 1 heterocycles. The molecule has 150 valence electrons. The number of methoxy groups -OCH3 is 1. The highest BCUT2D eigenvalue weighted by molar-refractivity contribution is 6.30. The number of hydrogen-bond acceptors (Lipinski definition) is 4. The van der Waals surface area contributed by atoms with Crippen molar-refractivity contribution in [3.63, 3.8) is 0 Å². The van der Waals surface area contributed by atoms with E-state index in [-0.39, 0.29) is 6.03 Å². The Hall–Kier alpha value is -2.44. The molecule has 2 N–H and O–H groups in total. The number of amides is 2. The summed E-state index contributed by atoms with van der Waals surface area (Å²) in [5.74, 6) is 0.884. The minimum Gasteiger partial charge on any atom is -0.497 e. The molecule has 2 aromatic rings. The second-order valence-electron chi connectivity index (χ2n) is 6.77. The van der Waals surface area contributed by atoms with Crippen LogP contribution < -0.4 is 20.3 Å². The Morgan fingerprint density at radius 1 is 1.04 bits per heavy atom. The summed E-state index contributed by atoms with van der Waals surface area (Å²) in [4.78, 5) is 16.7. The summed E-state index contributed by atoms with van der Waals surface area (Å²) in [7, 11) is 1.68. The highest BCUT2D eigenvalue weighted by Crippen LogP contribution is 2.20. The minimum absolute atomic E-state index is 0.188. The minimum atomic E-state index is -0.188. The third-order valence-corrected chi connectivity index (χ3v) is 5.10. The van der Waals surface area contributed by atoms with Gasteiger partial charge in [-0.1, -0.05) is 11.6 Å². The van der Waals surface area contributed by atoms with E-state index in [1.165, 1.54) is 5.69 Å². The molecule has 6 nitrogen and oxygen atoms in total. The van der Waals surface area contributed by atoms with Gasteiger partial charge in [-0.25, -0.2) is 4.79 Å². The van der Waals surface area contributed by atoms with Gasteiger partial charge in [0, 0.05) is 49.1 Å². The van der Waals surface area contributed by atoms with Crippen LogP contribution in [-0.4, -0.2) is 57.3 Å². The lowest BCUT2D eigenvalue weighted by Gasteiger charge is -2.36. The fraction of sp³-hybridized carbons (Fsp3) is 0.381. The molecule has 1 aliphatic rings. The van der Waals surface area contributed by atoms with Gasteiger partial charge < -0.3 is 20.3 Å². The molecule has 0 atom stereocenters. The van der Waals surface area contributed by atoms with Crippen molar-refractivity contribution >= 4 is 29.0 Å². The van der Waals surface area contributed by atoms with Crippen molar-refractivity contribution in [2.24, 2.45) is 0 Å². The number of nitrogens with one attached hydrogen (secondary N) is 2. The molecule has 1 saturated heterocycles. The van der Waals surface area contributed by atoms with E-state index in [4.69, 9.17) is 16.3 Å². The largest absolute Gasteiger partial charge is 0.497 e. The molecule has 0 aliphatic carbocycles. The molecule has 0 bridgehead atoms. The maximum absolute atomic E-state index is 11.9. The number of carbonyl (C=O) groups excluding carboxylic acids is 1. The van der Waals surface area contributed by atoms with Crippen LogP contribution in [0.1, 0.15) is 6.42 Å². The molecule has 28 heavy (non-hydrogen) atoms. The van der Waals surface area contributed by atoms with Gasteiger partial charge in [0.05, 0.1) is 7.11 Å². The Morgan fingerprint density at radius 3 is 2.36 bits per heavy atom. The highest BCUT2D eigenvalue weighted by Gasteiger charge is 2.16. The number of anilines is 2. The first kappa shape index (κ1) is 20.3. The van der Waals surface area contributed by atoms with E-state index in [1.807, 2.05) is 12.1 Å². The summed E-state index contributed by atoms with van der Waals surface area (Å²) in [5, 5.41) is 6.35. The summed E-state index contributed by atoms with van der Waals surface area (Å²) in [5.41, 5.74) is 1.97. The topological polar surface area (TPSA) is 56.8 Å². The SMILES string of the molecule is COc1ccc(N2CCN(CCCNC(=O)Nc3ccc(Cl)cc3)CC2)cc1. The van der Waals surface area contributed by atoms with Crippen molar-refractivity contribution in [3.8, 4) is 5.75 Å². The predicted molar refractivity (Wildman–Crippen MR) is 115 cm³/mol. The molecule has 0 radical (unpaired) electrons. The Balaban J connectivity index is 1.31. The molecule has 0 aromatic heterocycles. The Bertz CT molecular complexity index is 744. The fourth-order valence-corrected chi connectivity index (χ4v) is 3.36. The van der Waals surface area contributed by atoms with Crippen LogP contribution in [-0.2, 0) is 0 Å². The lowest BCUT2D eigenvalue weighted by atomic mass is 10.2. The van der Waals surface area contributed by atoms with Gasteiger partial charge >= 0.3 is 6.03 Å². The summed E-state index contributed by atoms with van der Waals surface area (Å²) in [6.07, 6.45) is 0.927. The van der Waals surface area contributed by atoms with Crippen LogP contribution in [0.5, 0.6) is 5.75 Å². The van der Waals surface area contributed by atoms with Crippen molar-refractivity contribution in [2.45, 2.75) is 6.42 Å². The molecule has 1 fully saturated rings. The van der Waals surface area contributed by atoms with Crippen LogP contribution in [0, 0.1) is 0 Å². The second-order valence-corrected chi connectivity index (χ2v) is 7.20. The first-order valence-corrected chi connectivity index (χ1v) is 9.93. The van der Waals surface area contributed by atoms with Crippen molar-refractivity contribution < 1.29 is 9.53 Å². The van der Waals surface area contributed by atoms with Gasteiger partial charge in [-0.15, -0.1) is 0 Å². The van der Waals surface area contributed by atoms with E-state index < -0.39 is 0 Å². The number of nitrogens with zero attached hydrogens (tertiary/aromatic N) is 2. The molecule has 2 aromatic carbocycles. The van der Waals surface area contributed by atoms with Crippen molar-refractivity contribution in [3.05, 3.63) is 53.6 Å². The van der Waals surface area contributed by atoms with Gasteiger partial charge in [-0.05, 0) is 61.5 Å². The van der Waals surface area contributed by atoms with Crippen molar-refractivity contribution in [1.82, 2.24) is 10.2 Å². The van der Waals surface area contributed by atoms with Gasteiger partial charge in [0.1, 0.15) is 5.75 Å². The number of halogens is 1. The molecule has 3 rings (SSSR count). The van der Waals surface area contributed by atoms with Crippen LogP contribution in [0.4, 0.5) is 16.2 Å². The van der Waals surface area contributed by atoms with Gasteiger partial charge in [-0.2, -0.15) is 0 Å². The van der Waals surface area contributed by atoms with Gasteiger partial charge in [0.2, 0.25) is 0 Å². The normalized spacial score (nSPS) is 14.6. The quantitative estimate of drug-likeness (QED) is 0.693. The standard InChI is InChI=1S/C21H27ClN4O2/c1-28-20-9-7-19(8-10-20)26-15-13-25(14-16-26)12-2-11-23-21(27)24-18-5-3-17(22)4-6-18/h3-10H,2,11-16H2,1H3,(H2,23,24,27). The predicted octanol–water partition coefficient (Wildman–Crippen LogP) is 3.68. The van der Waals surface area contributed by atoms with Crippen molar-refractivity contribution in [2.75, 3.05) is 56.6 Å². The van der Waals surface area contributed by atoms with E-state index in [2.05, 4.69) is 32.6 Å². The third-order valence-electron chi connectivity index (χ3n) is 4.85. The van der Waals surface area contributed by atoms with Crippen LogP contribution in [0.2, 0.25) is 5.02 Å². The lowest BCUT2D eigenvalue weighted by molar-refractivity contribution is 0.244. The number of rotatable bonds is 7. The molecule has 7 heteroatoms. The second kappa shape index (κ2) is 10.2. The van der Waals surface area contributed by atoms with Gasteiger partial charge in [-0.3, -0.25) is 4.90 Å². The lowest BCUT2D eigenvalue weighted by Crippen LogP contribution is -2.47. The van der Waals surface area contributed by atoms with Crippen LogP contribution >= 0.6 is 11.6 Å². The maximum atomic E-state index is 11.9. The number of ether oxygens (including phenoxy) is 1. The van der Waals surface area contributed by atoms with E-state index >= 15 is 0 Å². The van der Waals surface area contributed by atoms with Crippen molar-refractivity contribution in [1.29, 1.82) is 0 Å². The van der Waals surface area contributed by atoms with Crippen LogP contribution in [0.25, 0.3) is 0 Å². The molecular formula is C21H27ClN4O2. The number of carbonyl (C=O) groups is 1. The zero-order chi connectivity index (χ0) is 19.8. The van der Waals surface area contributed by atoms with Gasteiger partial charge in [0.25, 0.3) is 0 Å². The zero-order valence-electron chi connectivity index (χ0n) is 16.2. The molecule has 0 spiro atoms. The number of hydrogen-bond donors (Lipinski definition) is 2. The summed E-state index contributed by atoms with van der Waals surface area (Å²) >= 11 is 5.84. The Kier molecular flexibility index (Phi) is 7.39. The molecular weight excluding hydrogens is 376 g/mol. The van der Waals surface area contributed by atoms with E-state index in [1.54, 1.807) is 31.4 Å². The maximum Gasteiger partial charge on any atom is 0.319 e. The first-order valence-electron chi connectivity index (χ1n) is 9.56. The molecule has 1 aliphatic heterocycles. The smallest absolute Gasteiger partial charge is 0.319 e. The molecule has 0 unspecified atom stereocenters. The highest BCUT2D eigenvalue weighted by atomic mass is 35.5. The average molecular weight is 403 g/mol. The Labute approximate surface area is 171 Å². The van der Waals surface area contributed by atoms with E-state index in [0.29, 0.717) is 11.6 Å². The van der Waals surface area contributed by atoms with Gasteiger partial charge in [0.15, 0.2) is 0 Å². The molecule has 2 amide bonds. The monoisotopic (exact) mass is 402 g/mol. The number of urea groups is 1. The fourth-order valence-electron chi connectivity index (χ4n) is 3.24. The van der Waals surface area contributed by atoms with E-state index in [9.17, 15) is 4.79 Å². The third kappa shape index (κ3) is 6.04. The van der Waals surface area contributed by atoms with E-state index in [0.717, 1.165) is 50.6 Å². The number of piperazine rings is 1. The summed E-state index contributed by atoms with van der Waals surface area (Å²) in [6, 6.07) is 15.1. The number of benzene rings is 2. The zero-order valence-corrected chi connectivity index (χ0v) is 16.9. The summed E-state index contributed by atoms with van der Waals surface area (Å²) in [6.45, 7) is 5.72.